The molecule has 9 heteroatoms. The molecule has 2 fully saturated rings. The molecular weight excluding hydrogens is 428 g/mol. The Hall–Kier alpha value is -3.39. The number of hydrogen-bond acceptors (Lipinski definition) is 5. The van der Waals surface area contributed by atoms with Crippen LogP contribution >= 0.6 is 11.6 Å². The molecule has 2 aliphatic rings. The van der Waals surface area contributed by atoms with Crippen LogP contribution in [0.25, 0.3) is 5.82 Å². The molecule has 0 spiro atoms. The summed E-state index contributed by atoms with van der Waals surface area (Å²) in [6.45, 7) is 2.98. The van der Waals surface area contributed by atoms with Crippen LogP contribution in [0.5, 0.6) is 0 Å². The lowest BCUT2D eigenvalue weighted by molar-refractivity contribution is -0.136. The van der Waals surface area contributed by atoms with Crippen LogP contribution in [0.1, 0.15) is 6.42 Å². The summed E-state index contributed by atoms with van der Waals surface area (Å²) >= 11 is 5.94. The van der Waals surface area contributed by atoms with Crippen molar-refractivity contribution in [2.24, 2.45) is 5.92 Å². The summed E-state index contributed by atoms with van der Waals surface area (Å²) in [6, 6.07) is 14.9. The fraction of sp³-hybridized carbons (Fsp3) is 0.304. The van der Waals surface area contributed by atoms with Gasteiger partial charge in [0.1, 0.15) is 0 Å². The van der Waals surface area contributed by atoms with Gasteiger partial charge in [-0.25, -0.2) is 0 Å². The first-order chi connectivity index (χ1) is 15.6. The van der Waals surface area contributed by atoms with E-state index in [4.69, 9.17) is 11.6 Å². The smallest absolute Gasteiger partial charge is 0.228 e. The maximum atomic E-state index is 13.1. The summed E-state index contributed by atoms with van der Waals surface area (Å²) in [4.78, 5) is 31.3. The van der Waals surface area contributed by atoms with Gasteiger partial charge in [0.2, 0.25) is 11.8 Å². The lowest BCUT2D eigenvalue weighted by Gasteiger charge is -2.36. The third-order valence-electron chi connectivity index (χ3n) is 6.03. The first-order valence-corrected chi connectivity index (χ1v) is 11.0. The van der Waals surface area contributed by atoms with Crippen molar-refractivity contribution in [3.63, 3.8) is 0 Å². The van der Waals surface area contributed by atoms with E-state index in [1.54, 1.807) is 17.0 Å². The highest BCUT2D eigenvalue weighted by Crippen LogP contribution is 2.28. The number of hydrogen-bond donors (Lipinski definition) is 0. The van der Waals surface area contributed by atoms with Crippen LogP contribution in [0.2, 0.25) is 5.02 Å². The number of nitrogens with zero attached hydrogens (tertiary/aromatic N) is 6. The molecule has 0 N–H and O–H groups in total. The van der Waals surface area contributed by atoms with Gasteiger partial charge in [-0.15, -0.1) is 10.2 Å². The number of carbonyl (C=O) groups excluding carboxylic acids is 2. The van der Waals surface area contributed by atoms with Crippen LogP contribution in [-0.4, -0.2) is 64.2 Å². The first kappa shape index (κ1) is 20.5. The molecule has 8 nitrogen and oxygen atoms in total. The SMILES string of the molecule is O=C(C1CC(=O)N(c2ccc(Cl)cc2)C1)N1CCN(c2ccc(-n3cccc3)nn2)CC1. The van der Waals surface area contributed by atoms with Gasteiger partial charge in [0.05, 0.1) is 5.92 Å². The van der Waals surface area contributed by atoms with E-state index in [0.717, 1.165) is 17.3 Å². The van der Waals surface area contributed by atoms with Crippen molar-refractivity contribution >= 4 is 34.9 Å². The number of carbonyl (C=O) groups is 2. The Morgan fingerprint density at radius 1 is 0.906 bits per heavy atom. The number of amides is 2. The van der Waals surface area contributed by atoms with E-state index in [1.807, 2.05) is 58.3 Å². The highest BCUT2D eigenvalue weighted by molar-refractivity contribution is 6.30. The van der Waals surface area contributed by atoms with Gasteiger partial charge in [0, 0.05) is 62.2 Å². The van der Waals surface area contributed by atoms with Crippen molar-refractivity contribution in [1.82, 2.24) is 19.7 Å². The zero-order valence-electron chi connectivity index (χ0n) is 17.5. The van der Waals surface area contributed by atoms with E-state index in [1.165, 1.54) is 0 Å². The number of rotatable bonds is 4. The lowest BCUT2D eigenvalue weighted by atomic mass is 10.1. The number of halogens is 1. The second-order valence-electron chi connectivity index (χ2n) is 8.03. The van der Waals surface area contributed by atoms with Gasteiger partial charge in [0.15, 0.2) is 11.6 Å². The van der Waals surface area contributed by atoms with E-state index in [0.29, 0.717) is 37.7 Å². The third-order valence-corrected chi connectivity index (χ3v) is 6.29. The van der Waals surface area contributed by atoms with Gasteiger partial charge >= 0.3 is 0 Å². The van der Waals surface area contributed by atoms with Crippen molar-refractivity contribution in [2.45, 2.75) is 6.42 Å². The Bertz CT molecular complexity index is 1090. The molecule has 3 aromatic rings. The van der Waals surface area contributed by atoms with Crippen LogP contribution in [0.3, 0.4) is 0 Å². The molecule has 2 saturated heterocycles. The van der Waals surface area contributed by atoms with Crippen molar-refractivity contribution in [2.75, 3.05) is 42.5 Å². The monoisotopic (exact) mass is 450 g/mol. The van der Waals surface area contributed by atoms with Gasteiger partial charge in [-0.3, -0.25) is 9.59 Å². The van der Waals surface area contributed by atoms with E-state index in [2.05, 4.69) is 15.1 Å². The molecule has 32 heavy (non-hydrogen) atoms. The van der Waals surface area contributed by atoms with Crippen LogP contribution < -0.4 is 9.80 Å². The molecule has 1 atom stereocenters. The summed E-state index contributed by atoms with van der Waals surface area (Å²) < 4.78 is 1.91. The van der Waals surface area contributed by atoms with Crippen molar-refractivity contribution in [3.8, 4) is 5.82 Å². The Morgan fingerprint density at radius 3 is 2.22 bits per heavy atom. The molecule has 0 bridgehead atoms. The van der Waals surface area contributed by atoms with Crippen LogP contribution in [0, 0.1) is 5.92 Å². The predicted molar refractivity (Wildman–Crippen MR) is 122 cm³/mol. The maximum Gasteiger partial charge on any atom is 0.228 e. The largest absolute Gasteiger partial charge is 0.352 e. The minimum Gasteiger partial charge on any atom is -0.352 e. The van der Waals surface area contributed by atoms with Gasteiger partial charge in [0.25, 0.3) is 0 Å². The third kappa shape index (κ3) is 4.05. The number of benzene rings is 1. The molecule has 2 aromatic heterocycles. The molecular formula is C23H23ClN6O2. The average molecular weight is 451 g/mol. The molecule has 1 aromatic carbocycles. The Morgan fingerprint density at radius 2 is 1.56 bits per heavy atom. The average Bonchev–Trinajstić information content (AvgIpc) is 3.50. The first-order valence-electron chi connectivity index (χ1n) is 10.7. The van der Waals surface area contributed by atoms with Crippen LogP contribution in [0.4, 0.5) is 11.5 Å². The summed E-state index contributed by atoms with van der Waals surface area (Å²) in [5.41, 5.74) is 0.779. The molecule has 164 valence electrons. The molecule has 0 radical (unpaired) electrons. The number of anilines is 2. The van der Waals surface area contributed by atoms with Crippen molar-refractivity contribution in [3.05, 3.63) is 65.9 Å². The van der Waals surface area contributed by atoms with Gasteiger partial charge < -0.3 is 19.3 Å². The topological polar surface area (TPSA) is 74.6 Å². The summed E-state index contributed by atoms with van der Waals surface area (Å²) in [6.07, 6.45) is 4.10. The minimum absolute atomic E-state index is 0.0256. The van der Waals surface area contributed by atoms with Crippen LogP contribution in [0.15, 0.2) is 60.9 Å². The summed E-state index contributed by atoms with van der Waals surface area (Å²) in [5, 5.41) is 9.28. The highest BCUT2D eigenvalue weighted by atomic mass is 35.5. The predicted octanol–water partition coefficient (Wildman–Crippen LogP) is 2.62. The van der Waals surface area contributed by atoms with E-state index < -0.39 is 0 Å². The Balaban J connectivity index is 1.18. The second kappa shape index (κ2) is 8.63. The maximum absolute atomic E-state index is 13.1. The second-order valence-corrected chi connectivity index (χ2v) is 8.47. The normalized spacial score (nSPS) is 19.0. The fourth-order valence-corrected chi connectivity index (χ4v) is 4.40. The summed E-state index contributed by atoms with van der Waals surface area (Å²) in [5.74, 6) is 1.28. The van der Waals surface area contributed by atoms with Crippen molar-refractivity contribution < 1.29 is 9.59 Å². The zero-order valence-corrected chi connectivity index (χ0v) is 18.2. The Kier molecular flexibility index (Phi) is 5.53. The zero-order chi connectivity index (χ0) is 22.1. The van der Waals surface area contributed by atoms with Gasteiger partial charge in [-0.05, 0) is 48.5 Å². The highest BCUT2D eigenvalue weighted by Gasteiger charge is 2.38. The molecule has 1 unspecified atom stereocenters. The molecule has 4 heterocycles. The van der Waals surface area contributed by atoms with E-state index in [-0.39, 0.29) is 24.2 Å². The Labute approximate surface area is 191 Å². The molecule has 2 aliphatic heterocycles. The van der Waals surface area contributed by atoms with E-state index in [9.17, 15) is 9.59 Å². The van der Waals surface area contributed by atoms with E-state index >= 15 is 0 Å². The van der Waals surface area contributed by atoms with Gasteiger partial charge in [-0.1, -0.05) is 11.6 Å². The molecule has 5 rings (SSSR count). The standard InChI is InChI=1S/C23H23ClN6O2/c24-18-3-5-19(6-4-18)30-16-17(15-22(30)31)23(32)29-13-11-28(12-14-29)21-8-7-20(25-26-21)27-9-1-2-10-27/h1-10,17H,11-16H2. The van der Waals surface area contributed by atoms with Crippen LogP contribution in [-0.2, 0) is 9.59 Å². The van der Waals surface area contributed by atoms with Gasteiger partial charge in [-0.2, -0.15) is 0 Å². The molecule has 0 aliphatic carbocycles. The quantitative estimate of drug-likeness (QED) is 0.611. The minimum atomic E-state index is -0.314. The summed E-state index contributed by atoms with van der Waals surface area (Å²) in [7, 11) is 0. The van der Waals surface area contributed by atoms with Crippen molar-refractivity contribution in [1.29, 1.82) is 0 Å². The molecule has 0 saturated carbocycles. The number of piperazine rings is 1. The fourth-order valence-electron chi connectivity index (χ4n) is 4.27. The molecule has 2 amide bonds. The number of aromatic nitrogens is 3. The lowest BCUT2D eigenvalue weighted by Crippen LogP contribution is -2.51.